The van der Waals surface area contributed by atoms with Crippen molar-refractivity contribution in [2.24, 2.45) is 0 Å². The smallest absolute Gasteiger partial charge is 0.150 e. The van der Waals surface area contributed by atoms with Gasteiger partial charge in [0.05, 0.1) is 5.52 Å². The third kappa shape index (κ3) is 3.03. The Morgan fingerprint density at radius 3 is 2.76 bits per heavy atom. The molecule has 3 nitrogen and oxygen atoms in total. The fourth-order valence-corrected chi connectivity index (χ4v) is 3.52. The van der Waals surface area contributed by atoms with Crippen LogP contribution in [0.4, 0.5) is 5.82 Å². The number of hydrogen-bond donors (Lipinski definition) is 1. The zero-order chi connectivity index (χ0) is 17.4. The topological polar surface area (TPSA) is 51.8 Å². The van der Waals surface area contributed by atoms with E-state index in [2.05, 4.69) is 47.2 Å². The Morgan fingerprint density at radius 1 is 1.04 bits per heavy atom. The van der Waals surface area contributed by atoms with Crippen LogP contribution in [-0.4, -0.2) is 9.97 Å². The molecule has 0 fully saturated rings. The molecule has 0 radical (unpaired) electrons. The van der Waals surface area contributed by atoms with Crippen LogP contribution in [0.15, 0.2) is 54.7 Å². The van der Waals surface area contributed by atoms with E-state index in [-0.39, 0.29) is 0 Å². The number of benzene rings is 2. The summed E-state index contributed by atoms with van der Waals surface area (Å²) in [7, 11) is 0. The standard InChI is InChI=1S/C21H18ClN3/c1-13-5-8-17-18(11-13)25-21(23)20-19(17)15(9-10-24-20)7-6-14-3-2-4-16(22)12-14/h2-5,8-12H,6-7H2,1H3,(H2,23,25). The van der Waals surface area contributed by atoms with E-state index in [0.29, 0.717) is 5.82 Å². The molecule has 124 valence electrons. The number of halogens is 1. The van der Waals surface area contributed by atoms with Crippen LogP contribution in [-0.2, 0) is 12.8 Å². The second kappa shape index (κ2) is 6.34. The van der Waals surface area contributed by atoms with Crippen molar-refractivity contribution in [3.8, 4) is 0 Å². The van der Waals surface area contributed by atoms with Crippen LogP contribution in [0.5, 0.6) is 0 Å². The highest BCUT2D eigenvalue weighted by atomic mass is 35.5. The van der Waals surface area contributed by atoms with E-state index in [0.717, 1.165) is 39.7 Å². The number of aromatic nitrogens is 2. The Bertz CT molecular complexity index is 1090. The van der Waals surface area contributed by atoms with Crippen molar-refractivity contribution in [2.45, 2.75) is 19.8 Å². The molecule has 2 aromatic carbocycles. The van der Waals surface area contributed by atoms with E-state index < -0.39 is 0 Å². The van der Waals surface area contributed by atoms with Gasteiger partial charge in [-0.3, -0.25) is 4.98 Å². The lowest BCUT2D eigenvalue weighted by Crippen LogP contribution is -2.00. The van der Waals surface area contributed by atoms with Gasteiger partial charge in [0, 0.05) is 22.0 Å². The third-order valence-corrected chi connectivity index (χ3v) is 4.75. The molecule has 0 bridgehead atoms. The van der Waals surface area contributed by atoms with Crippen LogP contribution in [0, 0.1) is 6.92 Å². The zero-order valence-electron chi connectivity index (χ0n) is 14.0. The van der Waals surface area contributed by atoms with Crippen molar-refractivity contribution in [3.63, 3.8) is 0 Å². The van der Waals surface area contributed by atoms with Gasteiger partial charge in [0.1, 0.15) is 5.52 Å². The van der Waals surface area contributed by atoms with Gasteiger partial charge in [0.25, 0.3) is 0 Å². The van der Waals surface area contributed by atoms with Crippen molar-refractivity contribution in [1.29, 1.82) is 0 Å². The Morgan fingerprint density at radius 2 is 1.92 bits per heavy atom. The van der Waals surface area contributed by atoms with Crippen molar-refractivity contribution in [2.75, 3.05) is 5.73 Å². The molecule has 2 N–H and O–H groups in total. The molecule has 2 heterocycles. The Hall–Kier alpha value is -2.65. The summed E-state index contributed by atoms with van der Waals surface area (Å²) < 4.78 is 0. The van der Waals surface area contributed by atoms with E-state index in [1.54, 1.807) is 0 Å². The SMILES string of the molecule is Cc1ccc2c(c1)nc(N)c1nccc(CCc3cccc(Cl)c3)c12. The number of pyridine rings is 2. The first kappa shape index (κ1) is 15.9. The van der Waals surface area contributed by atoms with E-state index >= 15 is 0 Å². The molecular weight excluding hydrogens is 330 g/mol. The number of rotatable bonds is 3. The lowest BCUT2D eigenvalue weighted by molar-refractivity contribution is 0.967. The van der Waals surface area contributed by atoms with Crippen LogP contribution in [0.3, 0.4) is 0 Å². The van der Waals surface area contributed by atoms with Crippen LogP contribution in [0.1, 0.15) is 16.7 Å². The molecule has 4 heteroatoms. The molecular formula is C21H18ClN3. The van der Waals surface area contributed by atoms with E-state index in [1.165, 1.54) is 16.7 Å². The largest absolute Gasteiger partial charge is 0.382 e. The minimum absolute atomic E-state index is 0.484. The second-order valence-corrected chi connectivity index (χ2v) is 6.78. The highest BCUT2D eigenvalue weighted by molar-refractivity contribution is 6.30. The van der Waals surface area contributed by atoms with E-state index in [1.807, 2.05) is 24.4 Å². The number of anilines is 1. The molecule has 0 aliphatic heterocycles. The molecule has 4 rings (SSSR count). The fourth-order valence-electron chi connectivity index (χ4n) is 3.30. The predicted molar refractivity (Wildman–Crippen MR) is 105 cm³/mol. The summed E-state index contributed by atoms with van der Waals surface area (Å²) in [5.41, 5.74) is 11.5. The number of hydrogen-bond acceptors (Lipinski definition) is 3. The normalized spacial score (nSPS) is 11.3. The van der Waals surface area contributed by atoms with Gasteiger partial charge in [-0.15, -0.1) is 0 Å². The molecule has 2 aromatic heterocycles. The quantitative estimate of drug-likeness (QED) is 0.524. The van der Waals surface area contributed by atoms with E-state index in [4.69, 9.17) is 17.3 Å². The monoisotopic (exact) mass is 347 g/mol. The van der Waals surface area contributed by atoms with Crippen LogP contribution in [0.2, 0.25) is 5.02 Å². The van der Waals surface area contributed by atoms with Gasteiger partial charge in [0.15, 0.2) is 5.82 Å². The maximum atomic E-state index is 6.18. The average molecular weight is 348 g/mol. The van der Waals surface area contributed by atoms with Crippen molar-refractivity contribution >= 4 is 39.2 Å². The number of nitrogens with two attached hydrogens (primary N) is 1. The predicted octanol–water partition coefficient (Wildman–Crippen LogP) is 5.11. The summed E-state index contributed by atoms with van der Waals surface area (Å²) in [6, 6.07) is 16.4. The molecule has 0 aliphatic carbocycles. The Balaban J connectivity index is 1.84. The number of nitrogen functional groups attached to an aromatic ring is 1. The Kier molecular flexibility index (Phi) is 4.02. The lowest BCUT2D eigenvalue weighted by Gasteiger charge is -2.11. The summed E-state index contributed by atoms with van der Waals surface area (Å²) in [4.78, 5) is 9.01. The molecule has 0 amide bonds. The summed E-state index contributed by atoms with van der Waals surface area (Å²) in [5, 5.41) is 2.97. The van der Waals surface area contributed by atoms with Crippen molar-refractivity contribution in [3.05, 3.63) is 76.4 Å². The van der Waals surface area contributed by atoms with Gasteiger partial charge < -0.3 is 5.73 Å². The average Bonchev–Trinajstić information content (AvgIpc) is 2.60. The maximum Gasteiger partial charge on any atom is 0.150 e. The van der Waals surface area contributed by atoms with Crippen LogP contribution in [0.25, 0.3) is 21.8 Å². The Labute approximate surface area is 151 Å². The number of fused-ring (bicyclic) bond motifs is 3. The van der Waals surface area contributed by atoms with Gasteiger partial charge in [-0.05, 0) is 60.7 Å². The van der Waals surface area contributed by atoms with Crippen molar-refractivity contribution in [1.82, 2.24) is 9.97 Å². The molecule has 0 spiro atoms. The summed E-state index contributed by atoms with van der Waals surface area (Å²) in [6.07, 6.45) is 3.62. The fraction of sp³-hybridized carbons (Fsp3) is 0.143. The number of nitrogens with zero attached hydrogens (tertiary/aromatic N) is 2. The minimum Gasteiger partial charge on any atom is -0.382 e. The second-order valence-electron chi connectivity index (χ2n) is 6.34. The van der Waals surface area contributed by atoms with Crippen LogP contribution < -0.4 is 5.73 Å². The summed E-state index contributed by atoms with van der Waals surface area (Å²) in [5.74, 6) is 0.484. The first-order valence-corrected chi connectivity index (χ1v) is 8.67. The lowest BCUT2D eigenvalue weighted by atomic mass is 9.98. The van der Waals surface area contributed by atoms with Gasteiger partial charge in [-0.1, -0.05) is 35.9 Å². The molecule has 0 atom stereocenters. The highest BCUT2D eigenvalue weighted by Gasteiger charge is 2.11. The van der Waals surface area contributed by atoms with Gasteiger partial charge in [-0.2, -0.15) is 0 Å². The molecule has 0 unspecified atom stereocenters. The summed E-state index contributed by atoms with van der Waals surface area (Å²) in [6.45, 7) is 2.06. The third-order valence-electron chi connectivity index (χ3n) is 4.52. The molecule has 0 saturated heterocycles. The van der Waals surface area contributed by atoms with Gasteiger partial charge in [0.2, 0.25) is 0 Å². The first-order valence-electron chi connectivity index (χ1n) is 8.30. The summed E-state index contributed by atoms with van der Waals surface area (Å²) >= 11 is 6.10. The molecule has 25 heavy (non-hydrogen) atoms. The highest BCUT2D eigenvalue weighted by Crippen LogP contribution is 2.30. The van der Waals surface area contributed by atoms with E-state index in [9.17, 15) is 0 Å². The molecule has 0 aliphatic rings. The first-order chi connectivity index (χ1) is 12.1. The zero-order valence-corrected chi connectivity index (χ0v) is 14.7. The van der Waals surface area contributed by atoms with Crippen molar-refractivity contribution < 1.29 is 0 Å². The molecule has 4 aromatic rings. The number of aryl methyl sites for hydroxylation is 3. The molecule has 0 saturated carbocycles. The minimum atomic E-state index is 0.484. The van der Waals surface area contributed by atoms with Gasteiger partial charge in [-0.25, -0.2) is 4.98 Å². The van der Waals surface area contributed by atoms with Crippen LogP contribution >= 0.6 is 11.6 Å². The maximum absolute atomic E-state index is 6.18. The van der Waals surface area contributed by atoms with Gasteiger partial charge >= 0.3 is 0 Å².